The summed E-state index contributed by atoms with van der Waals surface area (Å²) in [6.45, 7) is 3.37. The van der Waals surface area contributed by atoms with Gasteiger partial charge in [-0.15, -0.1) is 0 Å². The van der Waals surface area contributed by atoms with Crippen LogP contribution in [0, 0.1) is 18.3 Å². The van der Waals surface area contributed by atoms with Crippen LogP contribution in [0.2, 0.25) is 5.02 Å². The summed E-state index contributed by atoms with van der Waals surface area (Å²) in [4.78, 5) is 0. The van der Waals surface area contributed by atoms with Gasteiger partial charge in [0.2, 0.25) is 10.0 Å². The fourth-order valence-electron chi connectivity index (χ4n) is 1.32. The molecule has 0 fully saturated rings. The number of anilines is 1. The Hall–Kier alpha value is -1.25. The van der Waals surface area contributed by atoms with Crippen molar-refractivity contribution in [1.82, 2.24) is 0 Å². The van der Waals surface area contributed by atoms with Gasteiger partial charge in [-0.05, 0) is 31.0 Å². The van der Waals surface area contributed by atoms with Crippen LogP contribution in [0.5, 0.6) is 0 Å². The van der Waals surface area contributed by atoms with Gasteiger partial charge >= 0.3 is 0 Å². The number of rotatable bonds is 4. The highest BCUT2D eigenvalue weighted by atomic mass is 35.5. The summed E-state index contributed by atoms with van der Waals surface area (Å²) in [5.41, 5.74) is 1.05. The molecule has 1 aromatic rings. The quantitative estimate of drug-likeness (QED) is 0.916. The van der Waals surface area contributed by atoms with E-state index in [0.717, 1.165) is 0 Å². The second-order valence-electron chi connectivity index (χ2n) is 3.59. The maximum atomic E-state index is 11.8. The predicted octanol–water partition coefficient (Wildman–Crippen LogP) is 2.69. The molecule has 0 aliphatic carbocycles. The predicted molar refractivity (Wildman–Crippen MR) is 68.4 cm³/mol. The highest BCUT2D eigenvalue weighted by Gasteiger charge is 2.23. The van der Waals surface area contributed by atoms with E-state index in [0.29, 0.717) is 16.3 Å². The Labute approximate surface area is 106 Å². The van der Waals surface area contributed by atoms with Crippen LogP contribution in [-0.4, -0.2) is 13.7 Å². The standard InChI is InChI=1S/C11H13ClN2O2S/c1-3-9(7-13)17(15,16)14-11-6-4-5-10(12)8(11)2/h4-6,9,14H,3H2,1-2H3. The van der Waals surface area contributed by atoms with Gasteiger partial charge in [0.1, 0.15) is 0 Å². The molecule has 0 aromatic heterocycles. The second-order valence-corrected chi connectivity index (χ2v) is 5.86. The molecule has 92 valence electrons. The Morgan fingerprint density at radius 3 is 2.71 bits per heavy atom. The molecule has 0 bridgehead atoms. The number of hydrogen-bond donors (Lipinski definition) is 1. The average molecular weight is 273 g/mol. The van der Waals surface area contributed by atoms with E-state index in [1.54, 1.807) is 38.1 Å². The fraction of sp³-hybridized carbons (Fsp3) is 0.364. The number of hydrogen-bond acceptors (Lipinski definition) is 3. The van der Waals surface area contributed by atoms with Crippen molar-refractivity contribution in [3.05, 3.63) is 28.8 Å². The third-order valence-corrected chi connectivity index (χ3v) is 4.51. The smallest absolute Gasteiger partial charge is 0.249 e. The van der Waals surface area contributed by atoms with Crippen molar-refractivity contribution < 1.29 is 8.42 Å². The van der Waals surface area contributed by atoms with E-state index in [9.17, 15) is 8.42 Å². The SMILES string of the molecule is CCC(C#N)S(=O)(=O)Nc1cccc(Cl)c1C. The molecule has 1 atom stereocenters. The van der Waals surface area contributed by atoms with Crippen LogP contribution < -0.4 is 4.72 Å². The third-order valence-electron chi connectivity index (χ3n) is 2.41. The topological polar surface area (TPSA) is 70.0 Å². The van der Waals surface area contributed by atoms with Crippen LogP contribution >= 0.6 is 11.6 Å². The van der Waals surface area contributed by atoms with E-state index in [2.05, 4.69) is 4.72 Å². The molecule has 0 saturated carbocycles. The number of nitriles is 1. The van der Waals surface area contributed by atoms with Crippen LogP contribution in [0.3, 0.4) is 0 Å². The summed E-state index contributed by atoms with van der Waals surface area (Å²) >= 11 is 5.89. The molecule has 0 heterocycles. The Kier molecular flexibility index (Phi) is 4.38. The zero-order valence-corrected chi connectivity index (χ0v) is 11.1. The first kappa shape index (κ1) is 13.8. The number of benzene rings is 1. The van der Waals surface area contributed by atoms with Crippen LogP contribution in [0.15, 0.2) is 18.2 Å². The van der Waals surface area contributed by atoms with E-state index in [1.165, 1.54) is 0 Å². The van der Waals surface area contributed by atoms with Gasteiger partial charge < -0.3 is 0 Å². The minimum atomic E-state index is -3.68. The molecule has 0 aliphatic rings. The molecular weight excluding hydrogens is 260 g/mol. The third kappa shape index (κ3) is 3.11. The monoisotopic (exact) mass is 272 g/mol. The number of nitrogens with zero attached hydrogens (tertiary/aromatic N) is 1. The lowest BCUT2D eigenvalue weighted by Crippen LogP contribution is -2.26. The molecule has 1 N–H and O–H groups in total. The van der Waals surface area contributed by atoms with Crippen molar-refractivity contribution in [2.45, 2.75) is 25.5 Å². The summed E-state index contributed by atoms with van der Waals surface area (Å²) in [6.07, 6.45) is 0.242. The van der Waals surface area contributed by atoms with Crippen LogP contribution in [-0.2, 0) is 10.0 Å². The Balaban J connectivity index is 3.07. The highest BCUT2D eigenvalue weighted by Crippen LogP contribution is 2.24. The lowest BCUT2D eigenvalue weighted by molar-refractivity contribution is 0.593. The Morgan fingerprint density at radius 1 is 1.53 bits per heavy atom. The van der Waals surface area contributed by atoms with Gasteiger partial charge in [0.05, 0.1) is 11.8 Å². The van der Waals surface area contributed by atoms with Gasteiger partial charge in [0.15, 0.2) is 5.25 Å². The zero-order valence-electron chi connectivity index (χ0n) is 9.57. The minimum Gasteiger partial charge on any atom is -0.282 e. The number of sulfonamides is 1. The van der Waals surface area contributed by atoms with Gasteiger partial charge in [-0.2, -0.15) is 5.26 Å². The van der Waals surface area contributed by atoms with Crippen molar-refractivity contribution in [2.24, 2.45) is 0 Å². The molecule has 4 nitrogen and oxygen atoms in total. The summed E-state index contributed by atoms with van der Waals surface area (Å²) < 4.78 is 26.1. The van der Waals surface area contributed by atoms with Gasteiger partial charge in [-0.3, -0.25) is 4.72 Å². The van der Waals surface area contributed by atoms with Crippen molar-refractivity contribution in [1.29, 1.82) is 5.26 Å². The van der Waals surface area contributed by atoms with Crippen molar-refractivity contribution in [3.8, 4) is 6.07 Å². The normalized spacial score (nSPS) is 12.8. The van der Waals surface area contributed by atoms with Gasteiger partial charge in [-0.1, -0.05) is 24.6 Å². The van der Waals surface area contributed by atoms with E-state index in [4.69, 9.17) is 16.9 Å². The number of nitrogens with one attached hydrogen (secondary N) is 1. The van der Waals surface area contributed by atoms with Crippen LogP contribution in [0.4, 0.5) is 5.69 Å². The first-order chi connectivity index (χ1) is 7.92. The van der Waals surface area contributed by atoms with E-state index < -0.39 is 15.3 Å². The van der Waals surface area contributed by atoms with E-state index >= 15 is 0 Å². The molecule has 1 unspecified atom stereocenters. The van der Waals surface area contributed by atoms with Crippen molar-refractivity contribution in [2.75, 3.05) is 4.72 Å². The first-order valence-corrected chi connectivity index (χ1v) is 7.01. The summed E-state index contributed by atoms with van der Waals surface area (Å²) in [5, 5.41) is 8.20. The lowest BCUT2D eigenvalue weighted by atomic mass is 10.2. The summed E-state index contributed by atoms with van der Waals surface area (Å²) in [7, 11) is -3.68. The molecular formula is C11H13ClN2O2S. The van der Waals surface area contributed by atoms with Gasteiger partial charge in [0.25, 0.3) is 0 Å². The Bertz CT molecular complexity index is 549. The molecule has 1 rings (SSSR count). The molecule has 1 aromatic carbocycles. The molecule has 0 radical (unpaired) electrons. The molecule has 6 heteroatoms. The molecule has 0 amide bonds. The molecule has 0 spiro atoms. The maximum Gasteiger partial charge on any atom is 0.249 e. The minimum absolute atomic E-state index is 0.242. The van der Waals surface area contributed by atoms with E-state index in [1.807, 2.05) is 0 Å². The van der Waals surface area contributed by atoms with Gasteiger partial charge in [-0.25, -0.2) is 8.42 Å². The fourth-order valence-corrected chi connectivity index (χ4v) is 2.74. The Morgan fingerprint density at radius 2 is 2.18 bits per heavy atom. The highest BCUT2D eigenvalue weighted by molar-refractivity contribution is 7.93. The molecule has 17 heavy (non-hydrogen) atoms. The molecule has 0 aliphatic heterocycles. The van der Waals surface area contributed by atoms with Crippen LogP contribution in [0.1, 0.15) is 18.9 Å². The van der Waals surface area contributed by atoms with Gasteiger partial charge in [0, 0.05) is 5.02 Å². The van der Waals surface area contributed by atoms with E-state index in [-0.39, 0.29) is 6.42 Å². The summed E-state index contributed by atoms with van der Waals surface area (Å²) in [5.74, 6) is 0. The zero-order chi connectivity index (χ0) is 13.1. The summed E-state index contributed by atoms with van der Waals surface area (Å²) in [6, 6.07) is 6.71. The number of halogens is 1. The van der Waals surface area contributed by atoms with Crippen molar-refractivity contribution in [3.63, 3.8) is 0 Å². The largest absolute Gasteiger partial charge is 0.282 e. The average Bonchev–Trinajstić information content (AvgIpc) is 2.26. The van der Waals surface area contributed by atoms with Crippen LogP contribution in [0.25, 0.3) is 0 Å². The van der Waals surface area contributed by atoms with Crippen molar-refractivity contribution >= 4 is 27.3 Å². The molecule has 0 saturated heterocycles. The lowest BCUT2D eigenvalue weighted by Gasteiger charge is -2.13. The second kappa shape index (κ2) is 5.39. The first-order valence-electron chi connectivity index (χ1n) is 5.08. The maximum absolute atomic E-state index is 11.8.